The predicted octanol–water partition coefficient (Wildman–Crippen LogP) is 0.971. The highest BCUT2D eigenvalue weighted by atomic mass is 14.7. The topological polar surface area (TPSA) is 12.4 Å². The maximum Gasteiger partial charge on any atom is 0.0609 e. The van der Waals surface area contributed by atoms with E-state index in [1.807, 2.05) is 0 Å². The molecule has 0 saturated carbocycles. The van der Waals surface area contributed by atoms with Crippen LogP contribution in [0.15, 0.2) is 17.1 Å². The van der Waals surface area contributed by atoms with E-state index in [9.17, 15) is 0 Å². The van der Waals surface area contributed by atoms with Crippen molar-refractivity contribution in [3.8, 4) is 0 Å². The Morgan fingerprint density at radius 3 is 3.08 bits per heavy atom. The number of hydrogen-bond acceptors (Lipinski definition) is 1. The van der Waals surface area contributed by atoms with E-state index in [1.165, 1.54) is 29.3 Å². The van der Waals surface area contributed by atoms with Gasteiger partial charge in [-0.2, -0.15) is 0 Å². The lowest BCUT2D eigenvalue weighted by atomic mass is 10.0. The molecule has 0 saturated heterocycles. The summed E-state index contributed by atoms with van der Waals surface area (Å²) in [6, 6.07) is 4.32. The highest BCUT2D eigenvalue weighted by molar-refractivity contribution is 5.26. The number of aryl methyl sites for hydroxylation is 2. The molecule has 1 heteroatoms. The zero-order valence-electron chi connectivity index (χ0n) is 7.43. The second kappa shape index (κ2) is 2.74. The van der Waals surface area contributed by atoms with Crippen LogP contribution in [-0.4, -0.2) is 6.54 Å². The molecule has 0 spiro atoms. The summed E-state index contributed by atoms with van der Waals surface area (Å²) in [6.45, 7) is 7.07. The molecule has 0 amide bonds. The third-order valence-electron chi connectivity index (χ3n) is 2.42. The number of fused-ring (bicyclic) bond motifs is 1. The van der Waals surface area contributed by atoms with E-state index in [0.717, 1.165) is 11.8 Å². The number of rotatable bonds is 0. The van der Waals surface area contributed by atoms with E-state index in [2.05, 4.69) is 30.6 Å². The molecule has 0 aliphatic carbocycles. The third kappa shape index (κ3) is 1.15. The first kappa shape index (κ1) is 7.53. The van der Waals surface area contributed by atoms with Gasteiger partial charge in [-0.1, -0.05) is 6.58 Å². The van der Waals surface area contributed by atoms with E-state index >= 15 is 0 Å². The average molecular weight is 159 g/mol. The van der Waals surface area contributed by atoms with Crippen molar-refractivity contribution < 1.29 is 0 Å². The number of benzene rings is 1. The Labute approximate surface area is 72.5 Å². The van der Waals surface area contributed by atoms with Crippen molar-refractivity contribution in [2.45, 2.75) is 19.8 Å². The van der Waals surface area contributed by atoms with Gasteiger partial charge in [-0.05, 0) is 48.2 Å². The zero-order valence-corrected chi connectivity index (χ0v) is 7.43. The molecule has 1 aromatic rings. The van der Waals surface area contributed by atoms with Crippen LogP contribution in [0.1, 0.15) is 17.5 Å². The molecule has 62 valence electrons. The van der Waals surface area contributed by atoms with Gasteiger partial charge in [-0.15, -0.1) is 0 Å². The van der Waals surface area contributed by atoms with E-state index in [4.69, 9.17) is 0 Å². The molecule has 0 radical (unpaired) electrons. The molecule has 12 heavy (non-hydrogen) atoms. The van der Waals surface area contributed by atoms with Gasteiger partial charge in [0.2, 0.25) is 0 Å². The fraction of sp³-hybridized carbons (Fsp3) is 0.364. The molecule has 1 nitrogen and oxygen atoms in total. The molecule has 1 aliphatic heterocycles. The Balaban J connectivity index is 2.74. The summed E-state index contributed by atoms with van der Waals surface area (Å²) < 4.78 is 0. The minimum Gasteiger partial charge on any atom is -0.285 e. The minimum atomic E-state index is 0.989. The summed E-state index contributed by atoms with van der Waals surface area (Å²) in [6.07, 6.45) is 2.36. The standard InChI is InChI=1S/C11H13N/c1-8-6-10-4-3-5-12-11(10)7-9(8)2/h6-7H,1,3-5H2,2H3. The van der Waals surface area contributed by atoms with Crippen LogP contribution in [0, 0.1) is 6.92 Å². The molecule has 0 fully saturated rings. The van der Waals surface area contributed by atoms with E-state index in [0.29, 0.717) is 0 Å². The Hall–Kier alpha value is -1.11. The highest BCUT2D eigenvalue weighted by Gasteiger charge is 2.02. The largest absolute Gasteiger partial charge is 0.285 e. The lowest BCUT2D eigenvalue weighted by molar-refractivity contribution is 0.767. The first-order valence-electron chi connectivity index (χ1n) is 4.40. The van der Waals surface area contributed by atoms with Crippen molar-refractivity contribution in [3.63, 3.8) is 0 Å². The van der Waals surface area contributed by atoms with Crippen LogP contribution in [0.2, 0.25) is 0 Å². The molecule has 0 bridgehead atoms. The van der Waals surface area contributed by atoms with Gasteiger partial charge in [0.1, 0.15) is 0 Å². The lowest BCUT2D eigenvalue weighted by Crippen LogP contribution is -2.21. The molecule has 1 aliphatic rings. The van der Waals surface area contributed by atoms with Crippen LogP contribution < -0.4 is 10.6 Å². The monoisotopic (exact) mass is 159 g/mol. The van der Waals surface area contributed by atoms with Gasteiger partial charge in [0.05, 0.1) is 5.36 Å². The van der Waals surface area contributed by atoms with E-state index < -0.39 is 0 Å². The average Bonchev–Trinajstić information content (AvgIpc) is 2.07. The smallest absolute Gasteiger partial charge is 0.0609 e. The van der Waals surface area contributed by atoms with Crippen LogP contribution in [0.4, 0.5) is 0 Å². The first-order valence-corrected chi connectivity index (χ1v) is 4.40. The SMILES string of the molecule is C=c1cc2c(cc1C)=NCCC2. The van der Waals surface area contributed by atoms with Gasteiger partial charge in [0, 0.05) is 6.54 Å². The molecule has 1 aromatic carbocycles. The van der Waals surface area contributed by atoms with Crippen molar-refractivity contribution in [3.05, 3.63) is 33.8 Å². The molecule has 1 heterocycles. The Bertz CT molecular complexity index is 404. The molecule has 0 N–H and O–H groups in total. The van der Waals surface area contributed by atoms with E-state index in [-0.39, 0.29) is 0 Å². The Kier molecular flexibility index (Phi) is 1.72. The van der Waals surface area contributed by atoms with Crippen molar-refractivity contribution in [2.75, 3.05) is 6.54 Å². The summed E-state index contributed by atoms with van der Waals surface area (Å²) in [7, 11) is 0. The predicted molar refractivity (Wildman–Crippen MR) is 50.7 cm³/mol. The highest BCUT2D eigenvalue weighted by Crippen LogP contribution is 2.00. The van der Waals surface area contributed by atoms with Gasteiger partial charge in [0.25, 0.3) is 0 Å². The van der Waals surface area contributed by atoms with Gasteiger partial charge in [-0.3, -0.25) is 4.99 Å². The van der Waals surface area contributed by atoms with Crippen LogP contribution >= 0.6 is 0 Å². The normalized spacial score (nSPS) is 15.1. The van der Waals surface area contributed by atoms with Crippen LogP contribution in [-0.2, 0) is 6.42 Å². The lowest BCUT2D eigenvalue weighted by Gasteiger charge is -2.08. The maximum atomic E-state index is 4.47. The summed E-state index contributed by atoms with van der Waals surface area (Å²) >= 11 is 0. The van der Waals surface area contributed by atoms with Crippen molar-refractivity contribution in [1.29, 1.82) is 0 Å². The molecular weight excluding hydrogens is 146 g/mol. The maximum absolute atomic E-state index is 4.47. The molecular formula is C11H13N. The van der Waals surface area contributed by atoms with Crippen LogP contribution in [0.5, 0.6) is 0 Å². The second-order valence-corrected chi connectivity index (χ2v) is 3.39. The second-order valence-electron chi connectivity index (χ2n) is 3.39. The third-order valence-corrected chi connectivity index (χ3v) is 2.42. The quantitative estimate of drug-likeness (QED) is 0.535. The summed E-state index contributed by atoms with van der Waals surface area (Å²) in [4.78, 5) is 4.47. The van der Waals surface area contributed by atoms with Crippen molar-refractivity contribution >= 4 is 6.58 Å². The number of hydrogen-bond donors (Lipinski definition) is 0. The Morgan fingerprint density at radius 2 is 2.25 bits per heavy atom. The van der Waals surface area contributed by atoms with Gasteiger partial charge in [-0.25, -0.2) is 0 Å². The van der Waals surface area contributed by atoms with Gasteiger partial charge in [0.15, 0.2) is 0 Å². The van der Waals surface area contributed by atoms with E-state index in [1.54, 1.807) is 0 Å². The molecule has 2 rings (SSSR count). The fourth-order valence-electron chi connectivity index (χ4n) is 1.61. The zero-order chi connectivity index (χ0) is 8.55. The summed E-state index contributed by atoms with van der Waals surface area (Å²) in [5, 5.41) is 2.33. The van der Waals surface area contributed by atoms with Gasteiger partial charge >= 0.3 is 0 Å². The van der Waals surface area contributed by atoms with Crippen LogP contribution in [0.25, 0.3) is 6.58 Å². The molecule has 0 atom stereocenters. The minimum absolute atomic E-state index is 0.989. The van der Waals surface area contributed by atoms with Crippen molar-refractivity contribution in [2.24, 2.45) is 4.99 Å². The first-order chi connectivity index (χ1) is 5.77. The van der Waals surface area contributed by atoms with Crippen LogP contribution in [0.3, 0.4) is 0 Å². The summed E-state index contributed by atoms with van der Waals surface area (Å²) in [5.74, 6) is 0. The molecule has 0 unspecified atom stereocenters. The number of nitrogens with zero attached hydrogens (tertiary/aromatic N) is 1. The summed E-state index contributed by atoms with van der Waals surface area (Å²) in [5.41, 5.74) is 2.62. The van der Waals surface area contributed by atoms with Gasteiger partial charge < -0.3 is 0 Å². The molecule has 0 aromatic heterocycles. The Morgan fingerprint density at radius 1 is 1.42 bits per heavy atom. The van der Waals surface area contributed by atoms with Crippen molar-refractivity contribution in [1.82, 2.24) is 0 Å². The fourth-order valence-corrected chi connectivity index (χ4v) is 1.61.